The van der Waals surface area contributed by atoms with E-state index in [9.17, 15) is 9.59 Å². The summed E-state index contributed by atoms with van der Waals surface area (Å²) >= 11 is 0. The number of urea groups is 1. The lowest BCUT2D eigenvalue weighted by atomic mass is 10.2. The van der Waals surface area contributed by atoms with Gasteiger partial charge in [-0.05, 0) is 54.4 Å². The van der Waals surface area contributed by atoms with E-state index >= 15 is 0 Å². The van der Waals surface area contributed by atoms with Gasteiger partial charge in [0.15, 0.2) is 0 Å². The van der Waals surface area contributed by atoms with E-state index in [0.717, 1.165) is 23.4 Å². The van der Waals surface area contributed by atoms with Gasteiger partial charge < -0.3 is 15.1 Å². The lowest BCUT2D eigenvalue weighted by Crippen LogP contribution is -2.40. The summed E-state index contributed by atoms with van der Waals surface area (Å²) in [7, 11) is 3.41. The summed E-state index contributed by atoms with van der Waals surface area (Å²) in [6.45, 7) is 2.95. The molecule has 3 amide bonds. The van der Waals surface area contributed by atoms with Crippen LogP contribution in [0.4, 0.5) is 16.3 Å². The standard InChI is InChI=1S/C27H27N5O3/c1-5-16-31(3)29-19-21-10-13-23(14-11-21)30-27(34)32(25-15-12-20(6-2)18-28-25)26(33)22-8-7-9-24(17-22)35-4/h2,7-15,17-19H,5,16H2,1,3-4H3,(H,30,34). The number of benzene rings is 2. The fourth-order valence-electron chi connectivity index (χ4n) is 3.17. The molecule has 178 valence electrons. The van der Waals surface area contributed by atoms with Crippen LogP contribution in [0.2, 0.25) is 0 Å². The molecule has 0 saturated carbocycles. The van der Waals surface area contributed by atoms with E-state index in [1.54, 1.807) is 48.7 Å². The second-order valence-electron chi connectivity index (χ2n) is 7.60. The largest absolute Gasteiger partial charge is 0.497 e. The third-order valence-corrected chi connectivity index (χ3v) is 4.98. The van der Waals surface area contributed by atoms with Gasteiger partial charge in [-0.2, -0.15) is 5.10 Å². The van der Waals surface area contributed by atoms with E-state index in [1.807, 2.05) is 24.2 Å². The first-order valence-corrected chi connectivity index (χ1v) is 11.0. The highest BCUT2D eigenvalue weighted by molar-refractivity contribution is 6.23. The van der Waals surface area contributed by atoms with E-state index < -0.39 is 11.9 Å². The normalized spacial score (nSPS) is 10.5. The van der Waals surface area contributed by atoms with Crippen molar-refractivity contribution in [2.75, 3.05) is 30.9 Å². The molecule has 0 radical (unpaired) electrons. The number of carbonyl (C=O) groups excluding carboxylic acids is 2. The Morgan fingerprint density at radius 2 is 1.94 bits per heavy atom. The summed E-state index contributed by atoms with van der Waals surface area (Å²) < 4.78 is 5.21. The first kappa shape index (κ1) is 25.0. The Labute approximate surface area is 205 Å². The molecule has 8 heteroatoms. The number of nitrogens with one attached hydrogen (secondary N) is 1. The van der Waals surface area contributed by atoms with Crippen molar-refractivity contribution in [1.82, 2.24) is 9.99 Å². The molecule has 0 aliphatic carbocycles. The predicted molar refractivity (Wildman–Crippen MR) is 138 cm³/mol. The fraction of sp³-hybridized carbons (Fsp3) is 0.185. The van der Waals surface area contributed by atoms with Crippen molar-refractivity contribution < 1.29 is 14.3 Å². The highest BCUT2D eigenvalue weighted by atomic mass is 16.5. The van der Waals surface area contributed by atoms with Crippen molar-refractivity contribution in [3.05, 3.63) is 83.6 Å². The highest BCUT2D eigenvalue weighted by Crippen LogP contribution is 2.20. The SMILES string of the molecule is C#Cc1ccc(N(C(=O)Nc2ccc(C=NN(C)CCC)cc2)C(=O)c2cccc(OC)c2)nc1. The number of amides is 3. The lowest BCUT2D eigenvalue weighted by Gasteiger charge is -2.21. The molecule has 3 aromatic rings. The van der Waals surface area contributed by atoms with Crippen molar-refractivity contribution in [1.29, 1.82) is 0 Å². The number of terminal acetylenes is 1. The molecule has 8 nitrogen and oxygen atoms in total. The third-order valence-electron chi connectivity index (χ3n) is 4.98. The van der Waals surface area contributed by atoms with E-state index in [1.165, 1.54) is 19.4 Å². The van der Waals surface area contributed by atoms with Gasteiger partial charge in [0, 0.05) is 36.6 Å². The van der Waals surface area contributed by atoms with Gasteiger partial charge in [-0.1, -0.05) is 31.0 Å². The van der Waals surface area contributed by atoms with Crippen molar-refractivity contribution in [3.63, 3.8) is 0 Å². The van der Waals surface area contributed by atoms with Crippen LogP contribution in [0.3, 0.4) is 0 Å². The van der Waals surface area contributed by atoms with Crippen LogP contribution >= 0.6 is 0 Å². The number of methoxy groups -OCH3 is 1. The molecule has 0 aliphatic heterocycles. The van der Waals surface area contributed by atoms with E-state index in [4.69, 9.17) is 11.2 Å². The van der Waals surface area contributed by atoms with Crippen LogP contribution in [-0.2, 0) is 0 Å². The predicted octanol–water partition coefficient (Wildman–Crippen LogP) is 4.63. The fourth-order valence-corrected chi connectivity index (χ4v) is 3.17. The number of carbonyl (C=O) groups is 2. The highest BCUT2D eigenvalue weighted by Gasteiger charge is 2.26. The summed E-state index contributed by atoms with van der Waals surface area (Å²) in [5.74, 6) is 2.54. The molecule has 1 aromatic heterocycles. The molecule has 0 unspecified atom stereocenters. The third kappa shape index (κ3) is 6.68. The van der Waals surface area contributed by atoms with Crippen molar-refractivity contribution in [3.8, 4) is 18.1 Å². The van der Waals surface area contributed by atoms with Gasteiger partial charge in [-0.15, -0.1) is 6.42 Å². The number of hydrogen-bond donors (Lipinski definition) is 1. The van der Waals surface area contributed by atoms with Crippen LogP contribution in [0.5, 0.6) is 5.75 Å². The molecule has 3 rings (SSSR count). The summed E-state index contributed by atoms with van der Waals surface area (Å²) in [6, 6.07) is 16.2. The molecular weight excluding hydrogens is 442 g/mol. The number of imide groups is 1. The maximum atomic E-state index is 13.4. The second kappa shape index (κ2) is 12.0. The molecule has 1 heterocycles. The Kier molecular flexibility index (Phi) is 8.57. The van der Waals surface area contributed by atoms with Gasteiger partial charge in [0.25, 0.3) is 5.91 Å². The van der Waals surface area contributed by atoms with Gasteiger partial charge in [0.1, 0.15) is 11.6 Å². The molecule has 0 saturated heterocycles. The molecule has 35 heavy (non-hydrogen) atoms. The minimum absolute atomic E-state index is 0.136. The van der Waals surface area contributed by atoms with Crippen LogP contribution in [-0.4, -0.2) is 48.8 Å². The summed E-state index contributed by atoms with van der Waals surface area (Å²) in [5.41, 5.74) is 2.19. The van der Waals surface area contributed by atoms with Gasteiger partial charge in [-0.25, -0.2) is 14.7 Å². The van der Waals surface area contributed by atoms with Crippen LogP contribution in [0.15, 0.2) is 72.0 Å². The average molecular weight is 470 g/mol. The topological polar surface area (TPSA) is 87.1 Å². The zero-order valence-corrected chi connectivity index (χ0v) is 19.9. The molecule has 0 fully saturated rings. The van der Waals surface area contributed by atoms with Gasteiger partial charge in [0.2, 0.25) is 0 Å². The Morgan fingerprint density at radius 1 is 1.17 bits per heavy atom. The van der Waals surface area contributed by atoms with Gasteiger partial charge in [-0.3, -0.25) is 4.79 Å². The summed E-state index contributed by atoms with van der Waals surface area (Å²) in [4.78, 5) is 31.8. The summed E-state index contributed by atoms with van der Waals surface area (Å²) in [5, 5.41) is 8.98. The van der Waals surface area contributed by atoms with E-state index in [0.29, 0.717) is 17.0 Å². The van der Waals surface area contributed by atoms with E-state index in [-0.39, 0.29) is 11.4 Å². The molecular formula is C27H27N5O3. The zero-order valence-electron chi connectivity index (χ0n) is 19.9. The molecule has 0 spiro atoms. The maximum Gasteiger partial charge on any atom is 0.334 e. The summed E-state index contributed by atoms with van der Waals surface area (Å²) in [6.07, 6.45) is 9.59. The van der Waals surface area contributed by atoms with Crippen LogP contribution in [0, 0.1) is 12.3 Å². The minimum atomic E-state index is -0.664. The van der Waals surface area contributed by atoms with Crippen LogP contribution in [0.25, 0.3) is 0 Å². The van der Waals surface area contributed by atoms with E-state index in [2.05, 4.69) is 28.2 Å². The number of hydrazone groups is 1. The number of nitrogens with zero attached hydrogens (tertiary/aromatic N) is 4. The molecule has 0 atom stereocenters. The Hall–Kier alpha value is -4.64. The number of anilines is 2. The van der Waals surface area contributed by atoms with Gasteiger partial charge in [0.05, 0.1) is 13.3 Å². The maximum absolute atomic E-state index is 13.4. The molecule has 2 aromatic carbocycles. The lowest BCUT2D eigenvalue weighted by molar-refractivity contribution is 0.0994. The van der Waals surface area contributed by atoms with Crippen molar-refractivity contribution in [2.24, 2.45) is 5.10 Å². The first-order valence-electron chi connectivity index (χ1n) is 11.0. The van der Waals surface area contributed by atoms with Crippen molar-refractivity contribution >= 4 is 29.7 Å². The molecule has 0 bridgehead atoms. The van der Waals surface area contributed by atoms with Crippen molar-refractivity contribution in [2.45, 2.75) is 13.3 Å². The Morgan fingerprint density at radius 3 is 2.57 bits per heavy atom. The number of ether oxygens (including phenoxy) is 1. The molecule has 0 aliphatic rings. The smallest absolute Gasteiger partial charge is 0.334 e. The number of hydrogen-bond acceptors (Lipinski definition) is 6. The Bertz CT molecular complexity index is 1230. The minimum Gasteiger partial charge on any atom is -0.497 e. The van der Waals surface area contributed by atoms with Crippen LogP contribution in [0.1, 0.15) is 34.8 Å². The number of aromatic nitrogens is 1. The number of pyridine rings is 1. The monoisotopic (exact) mass is 469 g/mol. The van der Waals surface area contributed by atoms with Gasteiger partial charge >= 0.3 is 6.03 Å². The average Bonchev–Trinajstić information content (AvgIpc) is 2.89. The van der Waals surface area contributed by atoms with Crippen LogP contribution < -0.4 is 15.0 Å². The first-order chi connectivity index (χ1) is 16.9. The Balaban J connectivity index is 1.85. The quantitative estimate of drug-likeness (QED) is 0.295. The number of rotatable bonds is 8. The second-order valence-corrected chi connectivity index (χ2v) is 7.60. The molecule has 1 N–H and O–H groups in total. The zero-order chi connectivity index (χ0) is 25.2.